The Morgan fingerprint density at radius 2 is 2.00 bits per heavy atom. The third kappa shape index (κ3) is 2.81. The van der Waals surface area contributed by atoms with Crippen LogP contribution in [0.25, 0.3) is 5.65 Å². The molecule has 7 heteroatoms. The Kier molecular flexibility index (Phi) is 3.91. The van der Waals surface area contributed by atoms with Gasteiger partial charge in [0.15, 0.2) is 5.65 Å². The molecule has 1 aromatic carbocycles. The van der Waals surface area contributed by atoms with E-state index in [2.05, 4.69) is 22.3 Å². The monoisotopic (exact) mass is 349 g/mol. The van der Waals surface area contributed by atoms with Gasteiger partial charge in [-0.15, -0.1) is 0 Å². The zero-order valence-corrected chi connectivity index (χ0v) is 14.3. The number of nitrogens with two attached hydrogens (primary N) is 1. The fraction of sp³-hybridized carbons (Fsp3) is 0.263. The van der Waals surface area contributed by atoms with Crippen molar-refractivity contribution in [3.63, 3.8) is 0 Å². The lowest BCUT2D eigenvalue weighted by atomic mass is 10.0. The number of nitrogens with zero attached hydrogens (tertiary/aromatic N) is 3. The van der Waals surface area contributed by atoms with Crippen molar-refractivity contribution in [2.24, 2.45) is 17.6 Å². The minimum atomic E-state index is -0.626. The molecule has 26 heavy (non-hydrogen) atoms. The van der Waals surface area contributed by atoms with Gasteiger partial charge in [0.1, 0.15) is 11.3 Å². The third-order valence-electron chi connectivity index (χ3n) is 4.94. The van der Waals surface area contributed by atoms with Gasteiger partial charge in [-0.25, -0.2) is 9.50 Å². The summed E-state index contributed by atoms with van der Waals surface area (Å²) in [5.74, 6) is 0.102. The summed E-state index contributed by atoms with van der Waals surface area (Å²) in [5.41, 5.74) is 7.21. The van der Waals surface area contributed by atoms with Gasteiger partial charge in [-0.05, 0) is 29.9 Å². The highest BCUT2D eigenvalue weighted by Gasteiger charge is 2.41. The van der Waals surface area contributed by atoms with E-state index in [1.165, 1.54) is 16.9 Å². The highest BCUT2D eigenvalue weighted by molar-refractivity contribution is 5.99. The first-order valence-corrected chi connectivity index (χ1v) is 8.54. The molecule has 3 atom stereocenters. The molecule has 1 fully saturated rings. The SMILES string of the molecule is C[C@@H]1C[C@H]1[C@@H](NC(=O)c1ccnc2c(C(N)=O)cnn12)c1ccccc1. The number of hydrogen-bond acceptors (Lipinski definition) is 4. The van der Waals surface area contributed by atoms with E-state index in [4.69, 9.17) is 5.73 Å². The van der Waals surface area contributed by atoms with Gasteiger partial charge in [0.2, 0.25) is 0 Å². The van der Waals surface area contributed by atoms with Crippen LogP contribution in [0.1, 0.15) is 45.8 Å². The molecule has 1 saturated carbocycles. The van der Waals surface area contributed by atoms with Crippen LogP contribution in [0.15, 0.2) is 48.8 Å². The number of aromatic nitrogens is 3. The second kappa shape index (κ2) is 6.25. The van der Waals surface area contributed by atoms with Gasteiger partial charge in [0.25, 0.3) is 11.8 Å². The Hall–Kier alpha value is -3.22. The molecule has 3 N–H and O–H groups in total. The summed E-state index contributed by atoms with van der Waals surface area (Å²) in [6.45, 7) is 2.18. The minimum absolute atomic E-state index is 0.0620. The topological polar surface area (TPSA) is 102 Å². The van der Waals surface area contributed by atoms with Crippen LogP contribution in [-0.4, -0.2) is 26.4 Å². The van der Waals surface area contributed by atoms with Crippen LogP contribution in [0.5, 0.6) is 0 Å². The average molecular weight is 349 g/mol. The number of rotatable bonds is 5. The molecule has 0 saturated heterocycles. The molecule has 132 valence electrons. The molecule has 2 aromatic heterocycles. The highest BCUT2D eigenvalue weighted by Crippen LogP contribution is 2.47. The van der Waals surface area contributed by atoms with Crippen LogP contribution in [0, 0.1) is 11.8 Å². The first-order valence-electron chi connectivity index (χ1n) is 8.54. The summed E-state index contributed by atoms with van der Waals surface area (Å²) in [4.78, 5) is 28.5. The second-order valence-corrected chi connectivity index (χ2v) is 6.73. The summed E-state index contributed by atoms with van der Waals surface area (Å²) in [6, 6.07) is 11.5. The Morgan fingerprint density at radius 1 is 1.27 bits per heavy atom. The predicted molar refractivity (Wildman–Crippen MR) is 95.4 cm³/mol. The van der Waals surface area contributed by atoms with E-state index < -0.39 is 5.91 Å². The smallest absolute Gasteiger partial charge is 0.270 e. The van der Waals surface area contributed by atoms with Crippen LogP contribution < -0.4 is 11.1 Å². The number of carbonyl (C=O) groups is 2. The third-order valence-corrected chi connectivity index (χ3v) is 4.94. The maximum absolute atomic E-state index is 12.9. The Labute approximate surface area is 150 Å². The number of amides is 2. The van der Waals surface area contributed by atoms with Crippen LogP contribution in [0.2, 0.25) is 0 Å². The van der Waals surface area contributed by atoms with Crippen molar-refractivity contribution < 1.29 is 9.59 Å². The zero-order chi connectivity index (χ0) is 18.3. The number of benzene rings is 1. The summed E-state index contributed by atoms with van der Waals surface area (Å²) in [7, 11) is 0. The zero-order valence-electron chi connectivity index (χ0n) is 14.3. The first kappa shape index (κ1) is 16.3. The summed E-state index contributed by atoms with van der Waals surface area (Å²) in [5, 5.41) is 7.24. The summed E-state index contributed by atoms with van der Waals surface area (Å²) in [6.07, 6.45) is 3.90. The van der Waals surface area contributed by atoms with Gasteiger partial charge in [0, 0.05) is 6.20 Å². The lowest BCUT2D eigenvalue weighted by molar-refractivity contribution is 0.0921. The van der Waals surface area contributed by atoms with E-state index in [9.17, 15) is 9.59 Å². The van der Waals surface area contributed by atoms with Crippen molar-refractivity contribution in [1.29, 1.82) is 0 Å². The quantitative estimate of drug-likeness (QED) is 0.735. The van der Waals surface area contributed by atoms with Crippen LogP contribution >= 0.6 is 0 Å². The van der Waals surface area contributed by atoms with Crippen LogP contribution in [-0.2, 0) is 0 Å². The lowest BCUT2D eigenvalue weighted by Gasteiger charge is -2.19. The molecule has 0 radical (unpaired) electrons. The van der Waals surface area contributed by atoms with E-state index in [0.717, 1.165) is 12.0 Å². The normalized spacial score (nSPS) is 19.9. The molecule has 3 aromatic rings. The van der Waals surface area contributed by atoms with Crippen molar-refractivity contribution in [2.75, 3.05) is 0 Å². The molecule has 1 aliphatic rings. The molecule has 2 amide bonds. The lowest BCUT2D eigenvalue weighted by Crippen LogP contribution is -2.31. The van der Waals surface area contributed by atoms with Crippen molar-refractivity contribution >= 4 is 17.5 Å². The van der Waals surface area contributed by atoms with E-state index in [-0.39, 0.29) is 23.2 Å². The number of nitrogens with one attached hydrogen (secondary N) is 1. The maximum atomic E-state index is 12.9. The number of carbonyl (C=O) groups excluding carboxylic acids is 2. The summed E-state index contributed by atoms with van der Waals surface area (Å²) >= 11 is 0. The predicted octanol–water partition coefficient (Wildman–Crippen LogP) is 1.96. The van der Waals surface area contributed by atoms with E-state index in [0.29, 0.717) is 17.5 Å². The molecule has 0 spiro atoms. The number of fused-ring (bicyclic) bond motifs is 1. The van der Waals surface area contributed by atoms with E-state index in [1.54, 1.807) is 6.07 Å². The van der Waals surface area contributed by atoms with E-state index in [1.807, 2.05) is 30.3 Å². The highest BCUT2D eigenvalue weighted by atomic mass is 16.2. The minimum Gasteiger partial charge on any atom is -0.365 e. The van der Waals surface area contributed by atoms with Crippen molar-refractivity contribution in [3.8, 4) is 0 Å². The number of primary amides is 1. The van der Waals surface area contributed by atoms with Gasteiger partial charge in [-0.3, -0.25) is 9.59 Å². The molecule has 7 nitrogen and oxygen atoms in total. The molecule has 2 heterocycles. The van der Waals surface area contributed by atoms with Gasteiger partial charge < -0.3 is 11.1 Å². The number of hydrogen-bond donors (Lipinski definition) is 2. The van der Waals surface area contributed by atoms with Gasteiger partial charge in [-0.1, -0.05) is 37.3 Å². The molecular formula is C19H19N5O2. The van der Waals surface area contributed by atoms with Crippen molar-refractivity contribution in [1.82, 2.24) is 19.9 Å². The average Bonchev–Trinajstić information content (AvgIpc) is 3.19. The second-order valence-electron chi connectivity index (χ2n) is 6.73. The van der Waals surface area contributed by atoms with Gasteiger partial charge in [0.05, 0.1) is 12.2 Å². The molecule has 4 rings (SSSR count). The standard InChI is InChI=1S/C19H19N5O2/c1-11-9-13(11)16(12-5-3-2-4-6-12)23-19(26)15-7-8-21-18-14(17(20)25)10-22-24(15)18/h2-8,10-11,13,16H,9H2,1H3,(H2,20,25)(H,23,26)/t11-,13-,16+/m1/s1. The van der Waals surface area contributed by atoms with Gasteiger partial charge >= 0.3 is 0 Å². The Morgan fingerprint density at radius 3 is 2.65 bits per heavy atom. The van der Waals surface area contributed by atoms with Crippen molar-refractivity contribution in [2.45, 2.75) is 19.4 Å². The maximum Gasteiger partial charge on any atom is 0.270 e. The Balaban J connectivity index is 1.67. The molecular weight excluding hydrogens is 330 g/mol. The largest absolute Gasteiger partial charge is 0.365 e. The first-order chi connectivity index (χ1) is 12.6. The molecule has 0 aliphatic heterocycles. The fourth-order valence-electron chi connectivity index (χ4n) is 3.37. The van der Waals surface area contributed by atoms with Crippen LogP contribution in [0.3, 0.4) is 0 Å². The summed E-state index contributed by atoms with van der Waals surface area (Å²) < 4.78 is 1.35. The van der Waals surface area contributed by atoms with Gasteiger partial charge in [-0.2, -0.15) is 5.10 Å². The van der Waals surface area contributed by atoms with Crippen molar-refractivity contribution in [3.05, 3.63) is 65.6 Å². The molecule has 0 unspecified atom stereocenters. The molecule has 0 bridgehead atoms. The van der Waals surface area contributed by atoms with Crippen LogP contribution in [0.4, 0.5) is 0 Å². The molecule has 1 aliphatic carbocycles. The fourth-order valence-corrected chi connectivity index (χ4v) is 3.37. The Bertz CT molecular complexity index is 982. The van der Waals surface area contributed by atoms with E-state index >= 15 is 0 Å².